The van der Waals surface area contributed by atoms with E-state index in [2.05, 4.69) is 33.1 Å². The van der Waals surface area contributed by atoms with Crippen LogP contribution in [0.3, 0.4) is 0 Å². The van der Waals surface area contributed by atoms with Gasteiger partial charge in [-0.3, -0.25) is 0 Å². The molecule has 5 heteroatoms. The first kappa shape index (κ1) is 13.2. The molecule has 3 rings (SSSR count). The lowest BCUT2D eigenvalue weighted by atomic mass is 10.1. The lowest BCUT2D eigenvalue weighted by Gasteiger charge is -2.19. The summed E-state index contributed by atoms with van der Waals surface area (Å²) in [6.45, 7) is 6.06. The van der Waals surface area contributed by atoms with Crippen LogP contribution in [0.1, 0.15) is 61.7 Å². The van der Waals surface area contributed by atoms with Crippen molar-refractivity contribution in [2.45, 2.75) is 58.5 Å². The fourth-order valence-corrected chi connectivity index (χ4v) is 3.28. The zero-order chi connectivity index (χ0) is 14.1. The minimum atomic E-state index is 0.142. The molecule has 1 fully saturated rings. The predicted octanol–water partition coefficient (Wildman–Crippen LogP) is 3.78. The average Bonchev–Trinajstić information content (AvgIpc) is 3.10. The van der Waals surface area contributed by atoms with Gasteiger partial charge in [0, 0.05) is 24.0 Å². The van der Waals surface area contributed by atoms with Crippen molar-refractivity contribution in [3.05, 3.63) is 29.4 Å². The minimum absolute atomic E-state index is 0.142. The van der Waals surface area contributed by atoms with Crippen molar-refractivity contribution in [2.24, 2.45) is 0 Å². The molecule has 1 unspecified atom stereocenters. The summed E-state index contributed by atoms with van der Waals surface area (Å²) < 4.78 is 7.53. The van der Waals surface area contributed by atoms with E-state index in [0.717, 1.165) is 23.0 Å². The maximum Gasteiger partial charge on any atom is 0.203 e. The molecule has 1 atom stereocenters. The smallest absolute Gasteiger partial charge is 0.203 e. The molecule has 0 saturated heterocycles. The topological polar surface area (TPSA) is 55.9 Å². The molecule has 0 amide bonds. The highest BCUT2D eigenvalue weighted by molar-refractivity contribution is 5.35. The number of rotatable bonds is 4. The quantitative estimate of drug-likeness (QED) is 0.922. The van der Waals surface area contributed by atoms with Gasteiger partial charge < -0.3 is 14.4 Å². The SMILES string of the molecule is Cc1noc(C)c1C(C)Nc1nccn1C1CCCC1. The van der Waals surface area contributed by atoms with Crippen LogP contribution >= 0.6 is 0 Å². The molecule has 0 bridgehead atoms. The lowest BCUT2D eigenvalue weighted by molar-refractivity contribution is 0.392. The standard InChI is InChI=1S/C15H22N4O/c1-10(14-11(2)18-20-12(14)3)17-15-16-8-9-19(15)13-6-4-5-7-13/h8-10,13H,4-7H2,1-3H3,(H,16,17). The van der Waals surface area contributed by atoms with E-state index < -0.39 is 0 Å². The van der Waals surface area contributed by atoms with Crippen LogP contribution in [0.5, 0.6) is 0 Å². The van der Waals surface area contributed by atoms with Crippen LogP contribution in [-0.4, -0.2) is 14.7 Å². The number of nitrogens with one attached hydrogen (secondary N) is 1. The maximum absolute atomic E-state index is 5.25. The molecular formula is C15H22N4O. The summed E-state index contributed by atoms with van der Waals surface area (Å²) in [5, 5.41) is 7.53. The number of nitrogens with zero attached hydrogens (tertiary/aromatic N) is 3. The average molecular weight is 274 g/mol. The highest BCUT2D eigenvalue weighted by atomic mass is 16.5. The Balaban J connectivity index is 1.79. The Hall–Kier alpha value is -1.78. The van der Waals surface area contributed by atoms with Crippen LogP contribution < -0.4 is 5.32 Å². The predicted molar refractivity (Wildman–Crippen MR) is 77.7 cm³/mol. The van der Waals surface area contributed by atoms with Crippen LogP contribution in [0.15, 0.2) is 16.9 Å². The third-order valence-corrected chi connectivity index (χ3v) is 4.25. The number of imidazole rings is 1. The molecule has 0 spiro atoms. The molecule has 5 nitrogen and oxygen atoms in total. The van der Waals surface area contributed by atoms with Gasteiger partial charge in [-0.15, -0.1) is 0 Å². The van der Waals surface area contributed by atoms with E-state index in [1.165, 1.54) is 25.7 Å². The molecule has 1 aliphatic rings. The van der Waals surface area contributed by atoms with E-state index >= 15 is 0 Å². The third-order valence-electron chi connectivity index (χ3n) is 4.25. The van der Waals surface area contributed by atoms with E-state index in [9.17, 15) is 0 Å². The molecular weight excluding hydrogens is 252 g/mol. The largest absolute Gasteiger partial charge is 0.361 e. The summed E-state index contributed by atoms with van der Waals surface area (Å²) in [4.78, 5) is 4.47. The first-order chi connectivity index (χ1) is 9.66. The third kappa shape index (κ3) is 2.32. The summed E-state index contributed by atoms with van der Waals surface area (Å²) in [7, 11) is 0. The highest BCUT2D eigenvalue weighted by Gasteiger charge is 2.22. The first-order valence-corrected chi connectivity index (χ1v) is 7.39. The molecule has 1 aliphatic carbocycles. The highest BCUT2D eigenvalue weighted by Crippen LogP contribution is 2.32. The van der Waals surface area contributed by atoms with Crippen molar-refractivity contribution in [3.8, 4) is 0 Å². The minimum Gasteiger partial charge on any atom is -0.361 e. The number of aromatic nitrogens is 3. The van der Waals surface area contributed by atoms with Gasteiger partial charge >= 0.3 is 0 Å². The van der Waals surface area contributed by atoms with Gasteiger partial charge in [-0.2, -0.15) is 0 Å². The van der Waals surface area contributed by atoms with Gasteiger partial charge in [-0.1, -0.05) is 18.0 Å². The second-order valence-corrected chi connectivity index (χ2v) is 5.70. The Kier molecular flexibility index (Phi) is 3.51. The summed E-state index contributed by atoms with van der Waals surface area (Å²) in [5.41, 5.74) is 2.08. The van der Waals surface area contributed by atoms with Crippen LogP contribution in [0.25, 0.3) is 0 Å². The van der Waals surface area contributed by atoms with E-state index in [-0.39, 0.29) is 6.04 Å². The lowest BCUT2D eigenvalue weighted by Crippen LogP contribution is -2.14. The van der Waals surface area contributed by atoms with Crippen molar-refractivity contribution in [2.75, 3.05) is 5.32 Å². The van der Waals surface area contributed by atoms with Crippen molar-refractivity contribution in [3.63, 3.8) is 0 Å². The van der Waals surface area contributed by atoms with Crippen molar-refractivity contribution in [1.29, 1.82) is 0 Å². The van der Waals surface area contributed by atoms with Crippen LogP contribution in [0.4, 0.5) is 5.95 Å². The second-order valence-electron chi connectivity index (χ2n) is 5.70. The van der Waals surface area contributed by atoms with E-state index in [1.54, 1.807) is 0 Å². The molecule has 1 saturated carbocycles. The number of aryl methyl sites for hydroxylation is 2. The molecule has 0 radical (unpaired) electrons. The second kappa shape index (κ2) is 5.31. The number of anilines is 1. The van der Waals surface area contributed by atoms with Gasteiger partial charge in [-0.05, 0) is 33.6 Å². The van der Waals surface area contributed by atoms with Gasteiger partial charge in [0.15, 0.2) is 0 Å². The van der Waals surface area contributed by atoms with Gasteiger partial charge in [0.1, 0.15) is 5.76 Å². The summed E-state index contributed by atoms with van der Waals surface area (Å²) in [6, 6.07) is 0.737. The van der Waals surface area contributed by atoms with E-state index in [0.29, 0.717) is 6.04 Å². The Morgan fingerprint density at radius 3 is 2.75 bits per heavy atom. The van der Waals surface area contributed by atoms with Crippen molar-refractivity contribution in [1.82, 2.24) is 14.7 Å². The molecule has 2 aromatic rings. The number of hydrogen-bond acceptors (Lipinski definition) is 4. The number of hydrogen-bond donors (Lipinski definition) is 1. The van der Waals surface area contributed by atoms with E-state index in [1.807, 2.05) is 20.0 Å². The molecule has 0 aliphatic heterocycles. The Bertz CT molecular complexity index is 561. The Labute approximate surface area is 119 Å². The molecule has 0 aromatic carbocycles. The first-order valence-electron chi connectivity index (χ1n) is 7.39. The molecule has 1 N–H and O–H groups in total. The van der Waals surface area contributed by atoms with Gasteiger partial charge in [0.25, 0.3) is 0 Å². The molecule has 20 heavy (non-hydrogen) atoms. The Morgan fingerprint density at radius 2 is 2.10 bits per heavy atom. The molecule has 2 aromatic heterocycles. The van der Waals surface area contributed by atoms with Crippen LogP contribution in [0, 0.1) is 13.8 Å². The maximum atomic E-state index is 5.25. The summed E-state index contributed by atoms with van der Waals surface area (Å²) >= 11 is 0. The molecule has 2 heterocycles. The fraction of sp³-hybridized carbons (Fsp3) is 0.600. The van der Waals surface area contributed by atoms with Crippen molar-refractivity contribution >= 4 is 5.95 Å². The zero-order valence-electron chi connectivity index (χ0n) is 12.4. The van der Waals surface area contributed by atoms with E-state index in [4.69, 9.17) is 4.52 Å². The molecule has 108 valence electrons. The fourth-order valence-electron chi connectivity index (χ4n) is 3.28. The van der Waals surface area contributed by atoms with Gasteiger partial charge in [0.2, 0.25) is 5.95 Å². The zero-order valence-corrected chi connectivity index (χ0v) is 12.4. The summed E-state index contributed by atoms with van der Waals surface area (Å²) in [6.07, 6.45) is 9.11. The Morgan fingerprint density at radius 1 is 1.35 bits per heavy atom. The van der Waals surface area contributed by atoms with Crippen molar-refractivity contribution < 1.29 is 4.52 Å². The monoisotopic (exact) mass is 274 g/mol. The van der Waals surface area contributed by atoms with Gasteiger partial charge in [-0.25, -0.2) is 4.98 Å². The van der Waals surface area contributed by atoms with Crippen LogP contribution in [0.2, 0.25) is 0 Å². The van der Waals surface area contributed by atoms with Crippen LogP contribution in [-0.2, 0) is 0 Å². The van der Waals surface area contributed by atoms with Gasteiger partial charge in [0.05, 0.1) is 11.7 Å². The summed E-state index contributed by atoms with van der Waals surface area (Å²) in [5.74, 6) is 1.82. The normalized spacial score (nSPS) is 17.6.